The van der Waals surface area contributed by atoms with Crippen molar-refractivity contribution < 1.29 is 0 Å². The van der Waals surface area contributed by atoms with Crippen molar-refractivity contribution in [2.24, 2.45) is 0 Å². The van der Waals surface area contributed by atoms with Gasteiger partial charge in [0.15, 0.2) is 0 Å². The van der Waals surface area contributed by atoms with Crippen LogP contribution in [0.3, 0.4) is 0 Å². The predicted octanol–water partition coefficient (Wildman–Crippen LogP) is 6.76. The van der Waals surface area contributed by atoms with Crippen molar-refractivity contribution in [3.8, 4) is 0 Å². The Kier molecular flexibility index (Phi) is 4.54. The second kappa shape index (κ2) is 7.47. The first kappa shape index (κ1) is 17.0. The van der Waals surface area contributed by atoms with E-state index in [2.05, 4.69) is 89.5 Å². The SMILES string of the molecule is c1ccc(CCCCCn2c3ccccc3c3nc4ccccc4cc32)cc1. The largest absolute Gasteiger partial charge is 0.339 e. The van der Waals surface area contributed by atoms with E-state index in [4.69, 9.17) is 4.98 Å². The Morgan fingerprint density at radius 3 is 2.39 bits per heavy atom. The first-order chi connectivity index (χ1) is 13.9. The van der Waals surface area contributed by atoms with Gasteiger partial charge in [-0.3, -0.25) is 0 Å². The highest BCUT2D eigenvalue weighted by molar-refractivity contribution is 6.08. The maximum atomic E-state index is 4.99. The number of rotatable bonds is 6. The summed E-state index contributed by atoms with van der Waals surface area (Å²) < 4.78 is 2.46. The molecule has 0 aliphatic carbocycles. The zero-order valence-electron chi connectivity index (χ0n) is 16.0. The molecule has 5 aromatic rings. The van der Waals surface area contributed by atoms with Crippen molar-refractivity contribution >= 4 is 32.8 Å². The summed E-state index contributed by atoms with van der Waals surface area (Å²) in [7, 11) is 0. The minimum absolute atomic E-state index is 1.04. The molecule has 2 heterocycles. The average Bonchev–Trinajstić information content (AvgIpc) is 3.05. The van der Waals surface area contributed by atoms with E-state index in [-0.39, 0.29) is 0 Å². The van der Waals surface area contributed by atoms with Gasteiger partial charge in [0.1, 0.15) is 0 Å². The van der Waals surface area contributed by atoms with E-state index >= 15 is 0 Å². The smallest absolute Gasteiger partial charge is 0.0967 e. The van der Waals surface area contributed by atoms with Crippen LogP contribution >= 0.6 is 0 Å². The number of nitrogens with zero attached hydrogens (tertiary/aromatic N) is 2. The van der Waals surface area contributed by atoms with Crippen molar-refractivity contribution in [1.29, 1.82) is 0 Å². The molecule has 0 saturated carbocycles. The van der Waals surface area contributed by atoms with Crippen LogP contribution in [-0.4, -0.2) is 9.55 Å². The number of hydrogen-bond acceptors (Lipinski definition) is 1. The first-order valence-corrected chi connectivity index (χ1v) is 10.2. The molecule has 2 nitrogen and oxygen atoms in total. The van der Waals surface area contributed by atoms with Gasteiger partial charge < -0.3 is 4.57 Å². The highest BCUT2D eigenvalue weighted by Crippen LogP contribution is 2.30. The van der Waals surface area contributed by atoms with Gasteiger partial charge in [-0.25, -0.2) is 4.98 Å². The number of aryl methyl sites for hydroxylation is 2. The fourth-order valence-electron chi connectivity index (χ4n) is 4.21. The third-order valence-electron chi connectivity index (χ3n) is 5.63. The van der Waals surface area contributed by atoms with Crippen LogP contribution < -0.4 is 0 Å². The van der Waals surface area contributed by atoms with E-state index in [0.717, 1.165) is 17.6 Å². The molecule has 2 heteroatoms. The topological polar surface area (TPSA) is 17.8 Å². The van der Waals surface area contributed by atoms with Crippen LogP contribution in [0, 0.1) is 0 Å². The number of unbranched alkanes of at least 4 members (excludes halogenated alkanes) is 2. The van der Waals surface area contributed by atoms with Crippen molar-refractivity contribution in [2.45, 2.75) is 32.2 Å². The Morgan fingerprint density at radius 2 is 1.46 bits per heavy atom. The Labute approximate surface area is 165 Å². The molecular formula is C26H24N2. The fourth-order valence-corrected chi connectivity index (χ4v) is 4.21. The number of para-hydroxylation sites is 2. The standard InChI is InChI=1S/C26H24N2/c1-3-11-20(12-4-1)13-5-2-10-18-28-24-17-9-7-15-22(24)26-25(28)19-21-14-6-8-16-23(21)27-26/h1,3-4,6-9,11-12,14-17,19H,2,5,10,13,18H2. The van der Waals surface area contributed by atoms with Gasteiger partial charge in [0.25, 0.3) is 0 Å². The van der Waals surface area contributed by atoms with Crippen LogP contribution in [0.15, 0.2) is 84.9 Å². The molecule has 2 aromatic heterocycles. The van der Waals surface area contributed by atoms with E-state index in [1.807, 2.05) is 0 Å². The molecule has 3 aromatic carbocycles. The fraction of sp³-hybridized carbons (Fsp3) is 0.192. The van der Waals surface area contributed by atoms with Gasteiger partial charge in [-0.2, -0.15) is 0 Å². The molecule has 0 radical (unpaired) electrons. The maximum Gasteiger partial charge on any atom is 0.0967 e. The summed E-state index contributed by atoms with van der Waals surface area (Å²) in [6.45, 7) is 1.04. The zero-order chi connectivity index (χ0) is 18.8. The van der Waals surface area contributed by atoms with Crippen LogP contribution in [0.4, 0.5) is 0 Å². The van der Waals surface area contributed by atoms with Gasteiger partial charge in [0.2, 0.25) is 0 Å². The summed E-state index contributed by atoms with van der Waals surface area (Å²) in [6.07, 6.45) is 4.83. The van der Waals surface area contributed by atoms with Crippen LogP contribution in [0.1, 0.15) is 24.8 Å². The Bertz CT molecular complexity index is 1230. The summed E-state index contributed by atoms with van der Waals surface area (Å²) in [5.74, 6) is 0. The highest BCUT2D eigenvalue weighted by atomic mass is 15.0. The molecular weight excluding hydrogens is 340 g/mol. The third-order valence-corrected chi connectivity index (χ3v) is 5.63. The second-order valence-corrected chi connectivity index (χ2v) is 7.51. The summed E-state index contributed by atoms with van der Waals surface area (Å²) in [6, 6.07) is 30.2. The van der Waals surface area contributed by atoms with E-state index < -0.39 is 0 Å². The summed E-state index contributed by atoms with van der Waals surface area (Å²) in [4.78, 5) is 4.99. The van der Waals surface area contributed by atoms with Gasteiger partial charge in [0, 0.05) is 17.3 Å². The molecule has 138 valence electrons. The highest BCUT2D eigenvalue weighted by Gasteiger charge is 2.12. The van der Waals surface area contributed by atoms with Crippen molar-refractivity contribution in [1.82, 2.24) is 9.55 Å². The number of pyridine rings is 1. The molecule has 0 aliphatic heterocycles. The number of aromatic nitrogens is 2. The quantitative estimate of drug-likeness (QED) is 0.304. The third kappa shape index (κ3) is 3.16. The lowest BCUT2D eigenvalue weighted by Gasteiger charge is -2.08. The van der Waals surface area contributed by atoms with Gasteiger partial charge in [0.05, 0.1) is 22.1 Å². The lowest BCUT2D eigenvalue weighted by atomic mass is 10.1. The molecule has 0 atom stereocenters. The van der Waals surface area contributed by atoms with Gasteiger partial charge in [-0.05, 0) is 43.0 Å². The van der Waals surface area contributed by atoms with Gasteiger partial charge in [-0.1, -0.05) is 73.2 Å². The molecule has 0 aliphatic rings. The van der Waals surface area contributed by atoms with E-state index in [1.54, 1.807) is 0 Å². The number of benzene rings is 3. The molecule has 0 spiro atoms. The Morgan fingerprint density at radius 1 is 0.679 bits per heavy atom. The zero-order valence-corrected chi connectivity index (χ0v) is 16.0. The maximum absolute atomic E-state index is 4.99. The monoisotopic (exact) mass is 364 g/mol. The molecule has 28 heavy (non-hydrogen) atoms. The van der Waals surface area contributed by atoms with E-state index in [0.29, 0.717) is 0 Å². The molecule has 0 unspecified atom stereocenters. The minimum Gasteiger partial charge on any atom is -0.339 e. The van der Waals surface area contributed by atoms with Crippen molar-refractivity contribution in [3.63, 3.8) is 0 Å². The lowest BCUT2D eigenvalue weighted by Crippen LogP contribution is -1.98. The predicted molar refractivity (Wildman–Crippen MR) is 119 cm³/mol. The number of hydrogen-bond donors (Lipinski definition) is 0. The summed E-state index contributed by atoms with van der Waals surface area (Å²) in [5, 5.41) is 2.47. The molecule has 0 bridgehead atoms. The van der Waals surface area contributed by atoms with Crippen LogP contribution in [0.25, 0.3) is 32.8 Å². The van der Waals surface area contributed by atoms with Crippen molar-refractivity contribution in [2.75, 3.05) is 0 Å². The van der Waals surface area contributed by atoms with Crippen LogP contribution in [0.2, 0.25) is 0 Å². The number of fused-ring (bicyclic) bond motifs is 4. The molecule has 0 fully saturated rings. The van der Waals surface area contributed by atoms with Crippen LogP contribution in [-0.2, 0) is 13.0 Å². The van der Waals surface area contributed by atoms with E-state index in [9.17, 15) is 0 Å². The summed E-state index contributed by atoms with van der Waals surface area (Å²) in [5.41, 5.74) is 6.18. The molecule has 0 saturated heterocycles. The molecule has 0 N–H and O–H groups in total. The first-order valence-electron chi connectivity index (χ1n) is 10.2. The Hall–Kier alpha value is -3.13. The van der Waals surface area contributed by atoms with Gasteiger partial charge in [-0.15, -0.1) is 0 Å². The van der Waals surface area contributed by atoms with Crippen LogP contribution in [0.5, 0.6) is 0 Å². The second-order valence-electron chi connectivity index (χ2n) is 7.51. The van der Waals surface area contributed by atoms with Crippen molar-refractivity contribution in [3.05, 3.63) is 90.5 Å². The molecule has 0 amide bonds. The van der Waals surface area contributed by atoms with E-state index in [1.165, 1.54) is 53.1 Å². The molecule has 5 rings (SSSR count). The normalized spacial score (nSPS) is 11.6. The Balaban J connectivity index is 1.41. The minimum atomic E-state index is 1.04. The summed E-state index contributed by atoms with van der Waals surface area (Å²) >= 11 is 0. The lowest BCUT2D eigenvalue weighted by molar-refractivity contribution is 0.608. The average molecular weight is 364 g/mol. The van der Waals surface area contributed by atoms with Gasteiger partial charge >= 0.3 is 0 Å².